The zero-order chi connectivity index (χ0) is 21.9. The number of hydrogen-bond donors (Lipinski definition) is 3. The lowest BCUT2D eigenvalue weighted by atomic mass is 9.83. The summed E-state index contributed by atoms with van der Waals surface area (Å²) in [5, 5.41) is 11.3. The number of fused-ring (bicyclic) bond motifs is 1. The van der Waals surface area contributed by atoms with Crippen molar-refractivity contribution >= 4 is 28.7 Å². The summed E-state index contributed by atoms with van der Waals surface area (Å²) >= 11 is 0. The summed E-state index contributed by atoms with van der Waals surface area (Å²) in [5.74, 6) is 0.357. The molecule has 0 unspecified atom stereocenters. The van der Waals surface area contributed by atoms with Crippen LogP contribution in [-0.4, -0.2) is 29.4 Å². The fourth-order valence-electron chi connectivity index (χ4n) is 3.89. The number of furan rings is 1. The first-order chi connectivity index (χ1) is 14.1. The molecule has 1 saturated carbocycles. The Bertz CT molecular complexity index is 934. The third-order valence-electron chi connectivity index (χ3n) is 5.41. The summed E-state index contributed by atoms with van der Waals surface area (Å²) in [5.41, 5.74) is 6.27. The molecular formula is C23H31N3O4. The van der Waals surface area contributed by atoms with Crippen LogP contribution in [0.1, 0.15) is 75.4 Å². The first-order valence-corrected chi connectivity index (χ1v) is 10.5. The predicted molar refractivity (Wildman–Crippen MR) is 116 cm³/mol. The van der Waals surface area contributed by atoms with E-state index < -0.39 is 5.60 Å². The number of nitrogens with two attached hydrogens (primary N) is 1. The average molecular weight is 414 g/mol. The molecule has 1 aliphatic rings. The topological polar surface area (TPSA) is 118 Å². The molecule has 1 aliphatic carbocycles. The van der Waals surface area contributed by atoms with Gasteiger partial charge < -0.3 is 20.2 Å². The molecule has 0 atom stereocenters. The summed E-state index contributed by atoms with van der Waals surface area (Å²) in [4.78, 5) is 24.5. The zero-order valence-corrected chi connectivity index (χ0v) is 17.9. The van der Waals surface area contributed by atoms with Crippen molar-refractivity contribution in [2.45, 2.75) is 70.9 Å². The summed E-state index contributed by atoms with van der Waals surface area (Å²) < 4.78 is 11.0. The number of ether oxygens (including phenoxy) is 1. The predicted octanol–water partition coefficient (Wildman–Crippen LogP) is 4.13. The van der Waals surface area contributed by atoms with E-state index >= 15 is 0 Å². The van der Waals surface area contributed by atoms with Gasteiger partial charge in [-0.25, -0.2) is 0 Å². The lowest BCUT2D eigenvalue weighted by molar-refractivity contribution is -0.155. The van der Waals surface area contributed by atoms with E-state index in [0.29, 0.717) is 23.5 Å². The van der Waals surface area contributed by atoms with E-state index in [4.69, 9.17) is 20.3 Å². The zero-order valence-electron chi connectivity index (χ0n) is 17.9. The number of amides is 1. The fourth-order valence-corrected chi connectivity index (χ4v) is 3.89. The Balaban J connectivity index is 1.48. The van der Waals surface area contributed by atoms with Crippen molar-refractivity contribution in [2.75, 3.05) is 0 Å². The molecule has 162 valence electrons. The number of amidine groups is 1. The molecule has 30 heavy (non-hydrogen) atoms. The van der Waals surface area contributed by atoms with Gasteiger partial charge in [0.05, 0.1) is 0 Å². The summed E-state index contributed by atoms with van der Waals surface area (Å²) in [6, 6.07) is 6.96. The number of benzene rings is 1. The minimum atomic E-state index is -0.441. The van der Waals surface area contributed by atoms with Gasteiger partial charge in [0.15, 0.2) is 5.76 Å². The lowest BCUT2D eigenvalue weighted by Crippen LogP contribution is -2.37. The molecule has 1 aromatic heterocycles. The van der Waals surface area contributed by atoms with Gasteiger partial charge in [-0.15, -0.1) is 0 Å². The number of hydrogen-bond acceptors (Lipinski definition) is 5. The number of rotatable bonds is 6. The molecule has 2 aromatic rings. The molecule has 7 heteroatoms. The van der Waals surface area contributed by atoms with E-state index in [1.165, 1.54) is 0 Å². The smallest absolute Gasteiger partial charge is 0.306 e. The van der Waals surface area contributed by atoms with Crippen molar-refractivity contribution in [1.29, 1.82) is 5.41 Å². The molecule has 0 bridgehead atoms. The summed E-state index contributed by atoms with van der Waals surface area (Å²) in [6.45, 7) is 5.63. The van der Waals surface area contributed by atoms with Crippen LogP contribution in [0.5, 0.6) is 0 Å². The number of nitrogens with one attached hydrogen (secondary N) is 2. The van der Waals surface area contributed by atoms with E-state index in [1.807, 2.05) is 20.8 Å². The van der Waals surface area contributed by atoms with Gasteiger partial charge in [0.2, 0.25) is 0 Å². The molecule has 0 aliphatic heterocycles. The highest BCUT2D eigenvalue weighted by Crippen LogP contribution is 2.29. The van der Waals surface area contributed by atoms with Crippen molar-refractivity contribution in [2.24, 2.45) is 11.7 Å². The van der Waals surface area contributed by atoms with Gasteiger partial charge in [0.25, 0.3) is 5.91 Å². The maximum absolute atomic E-state index is 12.6. The molecule has 1 fully saturated rings. The van der Waals surface area contributed by atoms with Crippen molar-refractivity contribution in [1.82, 2.24) is 5.32 Å². The summed E-state index contributed by atoms with van der Waals surface area (Å²) in [7, 11) is 0. The van der Waals surface area contributed by atoms with E-state index in [1.54, 1.807) is 24.3 Å². The third kappa shape index (κ3) is 5.84. The third-order valence-corrected chi connectivity index (χ3v) is 5.41. The van der Waals surface area contributed by atoms with Gasteiger partial charge >= 0.3 is 5.97 Å². The normalized spacial score (nSPS) is 19.4. The number of esters is 1. The Morgan fingerprint density at radius 2 is 1.90 bits per heavy atom. The molecule has 0 saturated heterocycles. The van der Waals surface area contributed by atoms with Crippen LogP contribution < -0.4 is 11.1 Å². The Labute approximate surface area is 176 Å². The van der Waals surface area contributed by atoms with E-state index in [9.17, 15) is 9.59 Å². The fraction of sp³-hybridized carbons (Fsp3) is 0.522. The van der Waals surface area contributed by atoms with Crippen LogP contribution in [0.3, 0.4) is 0 Å². The van der Waals surface area contributed by atoms with E-state index in [2.05, 4.69) is 5.32 Å². The van der Waals surface area contributed by atoms with Gasteiger partial charge in [-0.1, -0.05) is 0 Å². The van der Waals surface area contributed by atoms with Crippen LogP contribution in [0.25, 0.3) is 11.0 Å². The largest absolute Gasteiger partial charge is 0.460 e. The molecule has 0 spiro atoms. The Hall–Kier alpha value is -2.83. The van der Waals surface area contributed by atoms with Crippen molar-refractivity contribution in [3.8, 4) is 0 Å². The van der Waals surface area contributed by atoms with Crippen LogP contribution in [0, 0.1) is 11.3 Å². The average Bonchev–Trinajstić information content (AvgIpc) is 3.09. The quantitative estimate of drug-likeness (QED) is 0.374. The minimum absolute atomic E-state index is 0.0208. The highest BCUT2D eigenvalue weighted by Gasteiger charge is 2.25. The highest BCUT2D eigenvalue weighted by atomic mass is 16.6. The Morgan fingerprint density at radius 1 is 1.20 bits per heavy atom. The van der Waals surface area contributed by atoms with Crippen LogP contribution >= 0.6 is 0 Å². The minimum Gasteiger partial charge on any atom is -0.460 e. The van der Waals surface area contributed by atoms with E-state index in [-0.39, 0.29) is 29.5 Å². The van der Waals surface area contributed by atoms with Gasteiger partial charge in [-0.3, -0.25) is 15.0 Å². The van der Waals surface area contributed by atoms with Gasteiger partial charge in [0.1, 0.15) is 17.0 Å². The lowest BCUT2D eigenvalue weighted by Gasteiger charge is -2.29. The van der Waals surface area contributed by atoms with Gasteiger partial charge in [-0.05, 0) is 83.1 Å². The second-order valence-electron chi connectivity index (χ2n) is 9.09. The first kappa shape index (κ1) is 21.9. The van der Waals surface area contributed by atoms with E-state index in [0.717, 1.165) is 37.5 Å². The first-order valence-electron chi connectivity index (χ1n) is 10.5. The molecule has 1 aromatic carbocycles. The van der Waals surface area contributed by atoms with Gasteiger partial charge in [0, 0.05) is 23.4 Å². The van der Waals surface area contributed by atoms with Crippen molar-refractivity contribution in [3.63, 3.8) is 0 Å². The van der Waals surface area contributed by atoms with Gasteiger partial charge in [-0.2, -0.15) is 0 Å². The molecular weight excluding hydrogens is 382 g/mol. The number of carbonyl (C=O) groups excluding carboxylic acids is 2. The van der Waals surface area contributed by atoms with Crippen LogP contribution in [0.15, 0.2) is 28.7 Å². The number of carbonyl (C=O) groups is 2. The maximum Gasteiger partial charge on any atom is 0.306 e. The van der Waals surface area contributed by atoms with Crippen LogP contribution in [0.2, 0.25) is 0 Å². The molecule has 7 nitrogen and oxygen atoms in total. The molecule has 1 heterocycles. The standard InChI is InChI=1S/C23H31N3O4/c1-23(2,3)30-20(27)11-6-14-4-8-17(9-5-14)26-22(28)19-13-16-12-15(21(24)25)7-10-18(16)29-19/h7,10,12-14,17H,4-6,8-9,11H2,1-3H3,(H3,24,25)(H,26,28). The second-order valence-corrected chi connectivity index (χ2v) is 9.09. The van der Waals surface area contributed by atoms with Crippen molar-refractivity contribution < 1.29 is 18.7 Å². The summed E-state index contributed by atoms with van der Waals surface area (Å²) in [6.07, 6.45) is 5.02. The molecule has 1 amide bonds. The van der Waals surface area contributed by atoms with Crippen LogP contribution in [-0.2, 0) is 9.53 Å². The molecule has 3 rings (SSSR count). The maximum atomic E-state index is 12.6. The highest BCUT2D eigenvalue weighted by molar-refractivity contribution is 6.00. The number of nitrogen functional groups attached to an aromatic ring is 1. The molecule has 4 N–H and O–H groups in total. The Morgan fingerprint density at radius 3 is 2.53 bits per heavy atom. The Kier molecular flexibility index (Phi) is 6.48. The molecule has 0 radical (unpaired) electrons. The monoisotopic (exact) mass is 413 g/mol. The SMILES string of the molecule is CC(C)(C)OC(=O)CCC1CCC(NC(=O)c2cc3cc(C(=N)N)ccc3o2)CC1. The second kappa shape index (κ2) is 8.90. The van der Waals surface area contributed by atoms with Crippen molar-refractivity contribution in [3.05, 3.63) is 35.6 Å². The van der Waals surface area contributed by atoms with Crippen LogP contribution in [0.4, 0.5) is 0 Å².